The topological polar surface area (TPSA) is 49.7 Å². The molecule has 2 aromatic rings. The SMILES string of the molecule is COCCc1c(Br)c(O)cc(O)c1-c1ccccc1. The predicted octanol–water partition coefficient (Wildman–Crippen LogP) is 3.72. The maximum atomic E-state index is 10.1. The van der Waals surface area contributed by atoms with Crippen LogP contribution >= 0.6 is 15.9 Å². The van der Waals surface area contributed by atoms with Gasteiger partial charge in [-0.15, -0.1) is 0 Å². The maximum absolute atomic E-state index is 10.1. The molecule has 4 heteroatoms. The van der Waals surface area contributed by atoms with Gasteiger partial charge in [-0.3, -0.25) is 0 Å². The van der Waals surface area contributed by atoms with Crippen LogP contribution in [0.5, 0.6) is 11.5 Å². The number of rotatable bonds is 4. The van der Waals surface area contributed by atoms with E-state index in [1.165, 1.54) is 6.07 Å². The lowest BCUT2D eigenvalue weighted by Gasteiger charge is -2.15. The van der Waals surface area contributed by atoms with E-state index in [1.54, 1.807) is 7.11 Å². The summed E-state index contributed by atoms with van der Waals surface area (Å²) in [6.45, 7) is 0.515. The zero-order valence-corrected chi connectivity index (χ0v) is 12.1. The van der Waals surface area contributed by atoms with Gasteiger partial charge in [0, 0.05) is 18.7 Å². The highest BCUT2D eigenvalue weighted by Crippen LogP contribution is 2.42. The first kappa shape index (κ1) is 13.9. The molecule has 0 amide bonds. The molecule has 0 unspecified atom stereocenters. The molecule has 0 aromatic heterocycles. The molecule has 0 aliphatic rings. The molecule has 0 aliphatic heterocycles. The number of ether oxygens (including phenoxy) is 1. The van der Waals surface area contributed by atoms with Gasteiger partial charge in [-0.05, 0) is 33.5 Å². The number of phenols is 2. The van der Waals surface area contributed by atoms with Gasteiger partial charge in [0.2, 0.25) is 0 Å². The highest BCUT2D eigenvalue weighted by molar-refractivity contribution is 9.10. The maximum Gasteiger partial charge on any atom is 0.133 e. The monoisotopic (exact) mass is 322 g/mol. The Kier molecular flexibility index (Phi) is 4.45. The molecule has 0 bridgehead atoms. The van der Waals surface area contributed by atoms with Gasteiger partial charge in [-0.1, -0.05) is 30.3 Å². The summed E-state index contributed by atoms with van der Waals surface area (Å²) in [5, 5.41) is 19.9. The average molecular weight is 323 g/mol. The Hall–Kier alpha value is -1.52. The normalized spacial score (nSPS) is 10.6. The van der Waals surface area contributed by atoms with Crippen LogP contribution in [0.4, 0.5) is 0 Å². The minimum atomic E-state index is 0.0308. The van der Waals surface area contributed by atoms with Crippen LogP contribution in [-0.2, 0) is 11.2 Å². The summed E-state index contributed by atoms with van der Waals surface area (Å²) in [5.41, 5.74) is 2.47. The molecule has 0 aliphatic carbocycles. The Morgan fingerprint density at radius 2 is 1.79 bits per heavy atom. The minimum Gasteiger partial charge on any atom is -0.507 e. The molecule has 3 nitrogen and oxygen atoms in total. The second-order valence-corrected chi connectivity index (χ2v) is 4.98. The van der Waals surface area contributed by atoms with Crippen LogP contribution in [0.25, 0.3) is 11.1 Å². The van der Waals surface area contributed by atoms with Crippen LogP contribution in [0.2, 0.25) is 0 Å². The van der Waals surface area contributed by atoms with Crippen molar-refractivity contribution in [2.75, 3.05) is 13.7 Å². The summed E-state index contributed by atoms with van der Waals surface area (Å²) in [5.74, 6) is 0.0984. The van der Waals surface area contributed by atoms with Gasteiger partial charge in [0.05, 0.1) is 11.1 Å². The summed E-state index contributed by atoms with van der Waals surface area (Å²) in [4.78, 5) is 0. The van der Waals surface area contributed by atoms with Crippen molar-refractivity contribution < 1.29 is 14.9 Å². The van der Waals surface area contributed by atoms with Crippen LogP contribution in [0, 0.1) is 0 Å². The molecule has 19 heavy (non-hydrogen) atoms. The third-order valence-electron chi connectivity index (χ3n) is 2.94. The Morgan fingerprint density at radius 3 is 2.42 bits per heavy atom. The van der Waals surface area contributed by atoms with E-state index in [2.05, 4.69) is 15.9 Å². The molecule has 0 atom stereocenters. The molecule has 2 N–H and O–H groups in total. The smallest absolute Gasteiger partial charge is 0.133 e. The van der Waals surface area contributed by atoms with E-state index in [0.717, 1.165) is 16.7 Å². The fourth-order valence-electron chi connectivity index (χ4n) is 2.05. The molecule has 0 radical (unpaired) electrons. The predicted molar refractivity (Wildman–Crippen MR) is 78.5 cm³/mol. The Morgan fingerprint density at radius 1 is 1.11 bits per heavy atom. The van der Waals surface area contributed by atoms with Crippen LogP contribution in [-0.4, -0.2) is 23.9 Å². The molecular formula is C15H15BrO3. The summed E-state index contributed by atoms with van der Waals surface area (Å²) < 4.78 is 5.69. The van der Waals surface area contributed by atoms with Crippen molar-refractivity contribution in [3.8, 4) is 22.6 Å². The molecule has 0 heterocycles. The summed E-state index contributed by atoms with van der Waals surface area (Å²) in [6, 6.07) is 10.9. The van der Waals surface area contributed by atoms with E-state index in [1.807, 2.05) is 30.3 Å². The Bertz CT molecular complexity index is 567. The number of hydrogen-bond donors (Lipinski definition) is 2. The lowest BCUT2D eigenvalue weighted by Crippen LogP contribution is -1.99. The van der Waals surface area contributed by atoms with E-state index in [-0.39, 0.29) is 11.5 Å². The number of phenolic OH excluding ortho intramolecular Hbond substituents is 2. The van der Waals surface area contributed by atoms with Crippen molar-refractivity contribution >= 4 is 15.9 Å². The Labute approximate surface area is 120 Å². The zero-order valence-electron chi connectivity index (χ0n) is 10.6. The molecule has 0 fully saturated rings. The second-order valence-electron chi connectivity index (χ2n) is 4.19. The number of methoxy groups -OCH3 is 1. The molecule has 0 saturated heterocycles. The van der Waals surface area contributed by atoms with Gasteiger partial charge >= 0.3 is 0 Å². The van der Waals surface area contributed by atoms with E-state index < -0.39 is 0 Å². The van der Waals surface area contributed by atoms with Crippen molar-refractivity contribution in [1.29, 1.82) is 0 Å². The number of hydrogen-bond acceptors (Lipinski definition) is 3. The van der Waals surface area contributed by atoms with Crippen LogP contribution in [0.3, 0.4) is 0 Å². The van der Waals surface area contributed by atoms with Crippen LogP contribution in [0.1, 0.15) is 5.56 Å². The number of halogens is 1. The standard InChI is InChI=1S/C15H15BrO3/c1-19-8-7-11-14(10-5-3-2-4-6-10)12(17)9-13(18)15(11)16/h2-6,9,17-18H,7-8H2,1H3. The Balaban J connectivity index is 2.61. The summed E-state index contributed by atoms with van der Waals surface area (Å²) >= 11 is 3.38. The first-order valence-electron chi connectivity index (χ1n) is 5.92. The molecular weight excluding hydrogens is 308 g/mol. The third-order valence-corrected chi connectivity index (χ3v) is 3.82. The molecule has 0 spiro atoms. The highest BCUT2D eigenvalue weighted by Gasteiger charge is 2.17. The van der Waals surface area contributed by atoms with E-state index in [4.69, 9.17) is 4.74 Å². The average Bonchev–Trinajstić information content (AvgIpc) is 2.42. The minimum absolute atomic E-state index is 0.0308. The van der Waals surface area contributed by atoms with Crippen molar-refractivity contribution in [3.05, 3.63) is 46.4 Å². The van der Waals surface area contributed by atoms with E-state index >= 15 is 0 Å². The van der Waals surface area contributed by atoms with Gasteiger partial charge in [0.15, 0.2) is 0 Å². The summed E-state index contributed by atoms with van der Waals surface area (Å²) in [7, 11) is 1.62. The van der Waals surface area contributed by atoms with Crippen molar-refractivity contribution in [2.45, 2.75) is 6.42 Å². The van der Waals surface area contributed by atoms with Gasteiger partial charge < -0.3 is 14.9 Å². The quantitative estimate of drug-likeness (QED) is 0.902. The highest BCUT2D eigenvalue weighted by atomic mass is 79.9. The summed E-state index contributed by atoms with van der Waals surface area (Å²) in [6.07, 6.45) is 0.600. The first-order chi connectivity index (χ1) is 9.15. The van der Waals surface area contributed by atoms with Crippen molar-refractivity contribution in [1.82, 2.24) is 0 Å². The number of aromatic hydroxyl groups is 2. The largest absolute Gasteiger partial charge is 0.507 e. The first-order valence-corrected chi connectivity index (χ1v) is 6.72. The van der Waals surface area contributed by atoms with E-state index in [9.17, 15) is 10.2 Å². The van der Waals surface area contributed by atoms with Gasteiger partial charge in [0.1, 0.15) is 11.5 Å². The van der Waals surface area contributed by atoms with Crippen molar-refractivity contribution in [3.63, 3.8) is 0 Å². The van der Waals surface area contributed by atoms with Crippen LogP contribution in [0.15, 0.2) is 40.9 Å². The molecule has 2 rings (SSSR count). The van der Waals surface area contributed by atoms with Gasteiger partial charge in [0.25, 0.3) is 0 Å². The zero-order chi connectivity index (χ0) is 13.8. The third kappa shape index (κ3) is 2.91. The number of benzene rings is 2. The fraction of sp³-hybridized carbons (Fsp3) is 0.200. The van der Waals surface area contributed by atoms with Gasteiger partial charge in [-0.25, -0.2) is 0 Å². The lowest BCUT2D eigenvalue weighted by molar-refractivity contribution is 0.202. The second kappa shape index (κ2) is 6.08. The molecule has 100 valence electrons. The van der Waals surface area contributed by atoms with Gasteiger partial charge in [-0.2, -0.15) is 0 Å². The molecule has 0 saturated carbocycles. The van der Waals surface area contributed by atoms with Crippen molar-refractivity contribution in [2.24, 2.45) is 0 Å². The lowest BCUT2D eigenvalue weighted by atomic mass is 9.96. The van der Waals surface area contributed by atoms with E-state index in [0.29, 0.717) is 17.5 Å². The molecule has 2 aromatic carbocycles. The fourth-order valence-corrected chi connectivity index (χ4v) is 2.56. The van der Waals surface area contributed by atoms with Crippen LogP contribution < -0.4 is 0 Å².